The Morgan fingerprint density at radius 1 is 1.21 bits per heavy atom. The van der Waals surface area contributed by atoms with Crippen LogP contribution >= 0.6 is 0 Å². The van der Waals surface area contributed by atoms with E-state index < -0.39 is 0 Å². The van der Waals surface area contributed by atoms with Crippen molar-refractivity contribution >= 4 is 34.0 Å². The number of carbonyl (C=O) groups is 1. The normalized spacial score (nSPS) is 10.1. The molecule has 0 aliphatic rings. The van der Waals surface area contributed by atoms with Gasteiger partial charge in [-0.05, 0) is 26.0 Å². The number of hydrogen-bond donors (Lipinski definition) is 2. The number of allylic oxidation sites excluding steroid dienone is 2. The van der Waals surface area contributed by atoms with Crippen molar-refractivity contribution in [2.45, 2.75) is 13.8 Å². The van der Waals surface area contributed by atoms with E-state index in [0.717, 1.165) is 5.39 Å². The zero-order valence-electron chi connectivity index (χ0n) is 10.9. The third-order valence-electron chi connectivity index (χ3n) is 2.02. The highest BCUT2D eigenvalue weighted by atomic mass is 27.0. The Hall–Kier alpha value is -1.83. The standard InChI is InChI=1S/C9H7NO.C5H8O2.Al/c11-8-5-1-3-7-4-2-6-10-9(7)8;1-4(6)3-5(2)7;/h1-6,11H;3,6H,1-2H3;/b;4-3-;. The summed E-state index contributed by atoms with van der Waals surface area (Å²) < 4.78 is 0. The van der Waals surface area contributed by atoms with Crippen molar-refractivity contribution in [1.29, 1.82) is 0 Å². The van der Waals surface area contributed by atoms with Gasteiger partial charge in [0, 0.05) is 35.0 Å². The molecule has 1 heterocycles. The molecule has 19 heavy (non-hydrogen) atoms. The highest BCUT2D eigenvalue weighted by molar-refractivity contribution is 5.87. The van der Waals surface area contributed by atoms with Crippen LogP contribution < -0.4 is 0 Å². The van der Waals surface area contributed by atoms with E-state index in [1.165, 1.54) is 19.9 Å². The molecule has 0 saturated carbocycles. The molecule has 2 N–H and O–H groups in total. The van der Waals surface area contributed by atoms with Crippen LogP contribution in [0.1, 0.15) is 13.8 Å². The number of phenols is 1. The van der Waals surface area contributed by atoms with Crippen molar-refractivity contribution in [1.82, 2.24) is 4.98 Å². The summed E-state index contributed by atoms with van der Waals surface area (Å²) in [4.78, 5) is 14.0. The molecule has 97 valence electrons. The Morgan fingerprint density at radius 2 is 1.84 bits per heavy atom. The molecular formula is C14H15AlNO3. The maximum atomic E-state index is 10.0. The van der Waals surface area contributed by atoms with Crippen LogP contribution in [0, 0.1) is 0 Å². The fraction of sp³-hybridized carbons (Fsp3) is 0.143. The minimum absolute atomic E-state index is 0. The molecule has 1 aromatic heterocycles. The van der Waals surface area contributed by atoms with Crippen LogP contribution in [0.4, 0.5) is 0 Å². The third kappa shape index (κ3) is 6.05. The second-order valence-corrected chi connectivity index (χ2v) is 3.75. The lowest BCUT2D eigenvalue weighted by atomic mass is 10.2. The maximum absolute atomic E-state index is 10.0. The summed E-state index contributed by atoms with van der Waals surface area (Å²) in [6.45, 7) is 2.85. The Kier molecular flexibility index (Phi) is 7.51. The molecule has 1 aromatic carbocycles. The second-order valence-electron chi connectivity index (χ2n) is 3.75. The highest BCUT2D eigenvalue weighted by Crippen LogP contribution is 2.20. The SMILES string of the molecule is CC(=O)/C=C(/C)O.Oc1cccc2cccnc12.[Al]. The van der Waals surface area contributed by atoms with Gasteiger partial charge in [0.2, 0.25) is 0 Å². The predicted molar refractivity (Wildman–Crippen MR) is 76.2 cm³/mol. The molecule has 0 aliphatic carbocycles. The van der Waals surface area contributed by atoms with E-state index in [0.29, 0.717) is 5.52 Å². The average Bonchev–Trinajstić information content (AvgIpc) is 2.29. The van der Waals surface area contributed by atoms with Gasteiger partial charge < -0.3 is 10.2 Å². The fourth-order valence-corrected chi connectivity index (χ4v) is 1.38. The molecule has 5 heteroatoms. The topological polar surface area (TPSA) is 70.4 Å². The minimum atomic E-state index is -0.125. The van der Waals surface area contributed by atoms with Crippen molar-refractivity contribution in [3.8, 4) is 5.75 Å². The van der Waals surface area contributed by atoms with E-state index in [2.05, 4.69) is 4.98 Å². The van der Waals surface area contributed by atoms with Gasteiger partial charge in [-0.2, -0.15) is 0 Å². The van der Waals surface area contributed by atoms with Crippen LogP contribution in [0.15, 0.2) is 48.4 Å². The van der Waals surface area contributed by atoms with E-state index >= 15 is 0 Å². The lowest BCUT2D eigenvalue weighted by Gasteiger charge is -1.96. The van der Waals surface area contributed by atoms with Crippen molar-refractivity contribution < 1.29 is 15.0 Å². The maximum Gasteiger partial charge on any atom is 0.155 e. The van der Waals surface area contributed by atoms with Gasteiger partial charge in [0.1, 0.15) is 11.3 Å². The summed E-state index contributed by atoms with van der Waals surface area (Å²) in [5.41, 5.74) is 0.662. The zero-order chi connectivity index (χ0) is 13.5. The molecule has 2 rings (SSSR count). The van der Waals surface area contributed by atoms with Crippen molar-refractivity contribution in [3.63, 3.8) is 0 Å². The monoisotopic (exact) mass is 272 g/mol. The van der Waals surface area contributed by atoms with E-state index in [1.54, 1.807) is 18.3 Å². The molecule has 3 radical (unpaired) electrons. The highest BCUT2D eigenvalue weighted by Gasteiger charge is 1.96. The number of aliphatic hydroxyl groups excluding tert-OH is 1. The number of fused-ring (bicyclic) bond motifs is 1. The first-order chi connectivity index (χ1) is 8.50. The first-order valence-corrected chi connectivity index (χ1v) is 5.41. The largest absolute Gasteiger partial charge is 0.512 e. The summed E-state index contributed by atoms with van der Waals surface area (Å²) in [5.74, 6) is 0.176. The third-order valence-corrected chi connectivity index (χ3v) is 2.02. The Labute approximate surface area is 122 Å². The fourth-order valence-electron chi connectivity index (χ4n) is 1.38. The molecule has 0 unspecified atom stereocenters. The summed E-state index contributed by atoms with van der Waals surface area (Å²) in [7, 11) is 0. The summed E-state index contributed by atoms with van der Waals surface area (Å²) in [6, 6.07) is 9.13. The van der Waals surface area contributed by atoms with E-state index in [4.69, 9.17) is 5.11 Å². The number of carbonyl (C=O) groups excluding carboxylic acids is 1. The molecule has 4 nitrogen and oxygen atoms in total. The Bertz CT molecular complexity index is 572. The second kappa shape index (κ2) is 8.31. The Morgan fingerprint density at radius 3 is 2.32 bits per heavy atom. The van der Waals surface area contributed by atoms with Gasteiger partial charge in [0.05, 0.1) is 5.76 Å². The number of rotatable bonds is 1. The number of aromatic nitrogens is 1. The van der Waals surface area contributed by atoms with Gasteiger partial charge >= 0.3 is 0 Å². The molecule has 0 amide bonds. The first kappa shape index (κ1) is 17.2. The van der Waals surface area contributed by atoms with E-state index in [1.807, 2.05) is 18.2 Å². The van der Waals surface area contributed by atoms with Gasteiger partial charge in [-0.15, -0.1) is 0 Å². The first-order valence-electron chi connectivity index (χ1n) is 5.41. The number of hydrogen-bond acceptors (Lipinski definition) is 4. The van der Waals surface area contributed by atoms with Gasteiger partial charge in [0.25, 0.3) is 0 Å². The summed E-state index contributed by atoms with van der Waals surface area (Å²) in [6.07, 6.45) is 2.84. The smallest absolute Gasteiger partial charge is 0.155 e. The lowest BCUT2D eigenvalue weighted by molar-refractivity contribution is -0.112. The van der Waals surface area contributed by atoms with Gasteiger partial charge in [-0.25, -0.2) is 0 Å². The molecule has 0 fully saturated rings. The number of benzene rings is 1. The van der Waals surface area contributed by atoms with Crippen molar-refractivity contribution in [3.05, 3.63) is 48.4 Å². The molecule has 0 saturated heterocycles. The van der Waals surface area contributed by atoms with Crippen LogP contribution in [0.3, 0.4) is 0 Å². The molecule has 0 spiro atoms. The number of phenolic OH excluding ortho intramolecular Hbond substituents is 1. The number of para-hydroxylation sites is 1. The Balaban J connectivity index is 0.000000360. The van der Waals surface area contributed by atoms with Gasteiger partial charge in [0.15, 0.2) is 5.78 Å². The van der Waals surface area contributed by atoms with E-state index in [-0.39, 0.29) is 34.7 Å². The number of pyridine rings is 1. The van der Waals surface area contributed by atoms with Crippen LogP contribution in [-0.4, -0.2) is 38.3 Å². The molecular weight excluding hydrogens is 257 g/mol. The molecule has 0 bridgehead atoms. The molecule has 2 aromatic rings. The van der Waals surface area contributed by atoms with Crippen molar-refractivity contribution in [2.24, 2.45) is 0 Å². The number of nitrogens with zero attached hydrogens (tertiary/aromatic N) is 1. The van der Waals surface area contributed by atoms with Gasteiger partial charge in [-0.1, -0.05) is 18.2 Å². The van der Waals surface area contributed by atoms with Crippen molar-refractivity contribution in [2.75, 3.05) is 0 Å². The zero-order valence-corrected chi connectivity index (χ0v) is 12.0. The predicted octanol–water partition coefficient (Wildman–Crippen LogP) is 2.60. The molecule has 0 atom stereocenters. The minimum Gasteiger partial charge on any atom is -0.512 e. The van der Waals surface area contributed by atoms with Crippen LogP contribution in [0.25, 0.3) is 10.9 Å². The number of aliphatic hydroxyl groups is 1. The quantitative estimate of drug-likeness (QED) is 0.475. The van der Waals surface area contributed by atoms with Crippen LogP contribution in [0.2, 0.25) is 0 Å². The van der Waals surface area contributed by atoms with Crippen LogP contribution in [-0.2, 0) is 4.79 Å². The number of aromatic hydroxyl groups is 1. The summed E-state index contributed by atoms with van der Waals surface area (Å²) >= 11 is 0. The average molecular weight is 272 g/mol. The van der Waals surface area contributed by atoms with E-state index in [9.17, 15) is 9.90 Å². The molecule has 0 aliphatic heterocycles. The van der Waals surface area contributed by atoms with Gasteiger partial charge in [-0.3, -0.25) is 9.78 Å². The van der Waals surface area contributed by atoms with Crippen LogP contribution in [0.5, 0.6) is 5.75 Å². The summed E-state index contributed by atoms with van der Waals surface area (Å²) in [5, 5.41) is 18.6. The lowest BCUT2D eigenvalue weighted by Crippen LogP contribution is -1.82. The number of ketones is 1.